The van der Waals surface area contributed by atoms with Crippen molar-refractivity contribution in [2.45, 2.75) is 6.42 Å². The zero-order chi connectivity index (χ0) is 13.7. The normalized spacial score (nSPS) is 9.70. The molecule has 0 saturated carbocycles. The van der Waals surface area contributed by atoms with Crippen LogP contribution in [0, 0.1) is 0 Å². The molecule has 106 valence electrons. The van der Waals surface area contributed by atoms with Crippen molar-refractivity contribution in [3.8, 4) is 0 Å². The lowest BCUT2D eigenvalue weighted by molar-refractivity contribution is 0.0795. The van der Waals surface area contributed by atoms with E-state index in [9.17, 15) is 4.79 Å². The Balaban J connectivity index is 0.00000200. The maximum Gasteiger partial charge on any atom is 0.254 e. The Morgan fingerprint density at radius 2 is 1.90 bits per heavy atom. The van der Waals surface area contributed by atoms with E-state index < -0.39 is 0 Å². The molecule has 1 heterocycles. The van der Waals surface area contributed by atoms with Crippen LogP contribution in [0.15, 0.2) is 53.1 Å². The van der Waals surface area contributed by atoms with Crippen molar-refractivity contribution in [1.82, 2.24) is 9.88 Å². The number of hydrogen-bond acceptors (Lipinski definition) is 2. The third-order valence-electron chi connectivity index (χ3n) is 2.88. The van der Waals surface area contributed by atoms with Gasteiger partial charge in [-0.2, -0.15) is 0 Å². The maximum absolute atomic E-state index is 12.3. The predicted octanol–water partition coefficient (Wildman–Crippen LogP) is 3.58. The summed E-state index contributed by atoms with van der Waals surface area (Å²) in [6.07, 6.45) is 2.53. The maximum atomic E-state index is 12.3. The molecule has 0 bridgehead atoms. The molecule has 1 aromatic carbocycles. The number of benzene rings is 1. The van der Waals surface area contributed by atoms with Crippen molar-refractivity contribution in [3.63, 3.8) is 0 Å². The van der Waals surface area contributed by atoms with Crippen LogP contribution in [0.5, 0.6) is 0 Å². The highest BCUT2D eigenvalue weighted by atomic mass is 79.9. The minimum Gasteiger partial charge on any atom is -0.341 e. The molecule has 0 spiro atoms. The van der Waals surface area contributed by atoms with Crippen LogP contribution in [-0.4, -0.2) is 29.4 Å². The number of aromatic nitrogens is 1. The number of halogens is 2. The van der Waals surface area contributed by atoms with Crippen molar-refractivity contribution < 1.29 is 4.79 Å². The second kappa shape index (κ2) is 8.02. The summed E-state index contributed by atoms with van der Waals surface area (Å²) in [5, 5.41) is 0. The third-order valence-corrected chi connectivity index (χ3v) is 3.57. The van der Waals surface area contributed by atoms with Crippen LogP contribution in [0.25, 0.3) is 0 Å². The standard InChI is InChI=1S/C15H15BrN2O.ClH/c1-18(11-9-12-6-4-5-10-17-12)15(19)13-7-2-3-8-14(13)16;/h2-8,10H,9,11H2,1H3;1H. The number of amides is 1. The van der Waals surface area contributed by atoms with Gasteiger partial charge in [-0.15, -0.1) is 12.4 Å². The van der Waals surface area contributed by atoms with E-state index >= 15 is 0 Å². The summed E-state index contributed by atoms with van der Waals surface area (Å²) in [4.78, 5) is 18.2. The summed E-state index contributed by atoms with van der Waals surface area (Å²) < 4.78 is 0.824. The number of hydrogen-bond donors (Lipinski definition) is 0. The first-order valence-corrected chi connectivity index (χ1v) is 6.87. The molecular formula is C15H16BrClN2O. The molecule has 2 aromatic rings. The fraction of sp³-hybridized carbons (Fsp3) is 0.200. The molecule has 0 fully saturated rings. The molecule has 1 aromatic heterocycles. The van der Waals surface area contributed by atoms with Gasteiger partial charge in [-0.05, 0) is 40.2 Å². The Morgan fingerprint density at radius 3 is 2.55 bits per heavy atom. The molecule has 0 saturated heterocycles. The molecule has 2 rings (SSSR count). The van der Waals surface area contributed by atoms with Crippen LogP contribution in [0.4, 0.5) is 0 Å². The average Bonchev–Trinajstić information content (AvgIpc) is 2.45. The molecule has 5 heteroatoms. The van der Waals surface area contributed by atoms with Crippen molar-refractivity contribution in [3.05, 3.63) is 64.4 Å². The molecule has 0 N–H and O–H groups in total. The number of carbonyl (C=O) groups excluding carboxylic acids is 1. The minimum atomic E-state index is 0. The van der Waals surface area contributed by atoms with E-state index in [1.807, 2.05) is 49.5 Å². The fourth-order valence-electron chi connectivity index (χ4n) is 1.77. The summed E-state index contributed by atoms with van der Waals surface area (Å²) >= 11 is 3.40. The summed E-state index contributed by atoms with van der Waals surface area (Å²) in [7, 11) is 1.81. The van der Waals surface area contributed by atoms with Crippen molar-refractivity contribution in [1.29, 1.82) is 0 Å². The third kappa shape index (κ3) is 4.32. The Bertz CT molecular complexity index is 563. The van der Waals surface area contributed by atoms with Gasteiger partial charge < -0.3 is 4.90 Å². The molecule has 0 radical (unpaired) electrons. The average molecular weight is 356 g/mol. The van der Waals surface area contributed by atoms with Crippen LogP contribution in [0.1, 0.15) is 16.1 Å². The molecule has 0 unspecified atom stereocenters. The second-order valence-electron chi connectivity index (χ2n) is 4.28. The first-order chi connectivity index (χ1) is 9.18. The highest BCUT2D eigenvalue weighted by Crippen LogP contribution is 2.17. The Morgan fingerprint density at radius 1 is 1.20 bits per heavy atom. The Hall–Kier alpha value is -1.39. The van der Waals surface area contributed by atoms with Gasteiger partial charge in [0, 0.05) is 36.4 Å². The van der Waals surface area contributed by atoms with Crippen LogP contribution < -0.4 is 0 Å². The number of carbonyl (C=O) groups is 1. The molecular weight excluding hydrogens is 340 g/mol. The molecule has 3 nitrogen and oxygen atoms in total. The summed E-state index contributed by atoms with van der Waals surface area (Å²) in [6, 6.07) is 13.3. The van der Waals surface area contributed by atoms with Gasteiger partial charge in [0.25, 0.3) is 5.91 Å². The molecule has 0 aliphatic carbocycles. The predicted molar refractivity (Wildman–Crippen MR) is 86.3 cm³/mol. The van der Waals surface area contributed by atoms with Crippen molar-refractivity contribution >= 4 is 34.2 Å². The van der Waals surface area contributed by atoms with Crippen molar-refractivity contribution in [2.24, 2.45) is 0 Å². The van der Waals surface area contributed by atoms with Gasteiger partial charge in [-0.25, -0.2) is 0 Å². The van der Waals surface area contributed by atoms with Crippen LogP contribution in [0.3, 0.4) is 0 Å². The SMILES string of the molecule is CN(CCc1ccccn1)C(=O)c1ccccc1Br.Cl. The Labute approximate surface area is 133 Å². The van der Waals surface area contributed by atoms with E-state index in [0.29, 0.717) is 12.1 Å². The zero-order valence-electron chi connectivity index (χ0n) is 11.1. The van der Waals surface area contributed by atoms with Gasteiger partial charge in [0.05, 0.1) is 5.56 Å². The van der Waals surface area contributed by atoms with E-state index in [1.54, 1.807) is 11.1 Å². The monoisotopic (exact) mass is 354 g/mol. The van der Waals surface area contributed by atoms with Gasteiger partial charge >= 0.3 is 0 Å². The van der Waals surface area contributed by atoms with E-state index in [1.165, 1.54) is 0 Å². The number of likely N-dealkylation sites (N-methyl/N-ethyl adjacent to an activating group) is 1. The molecule has 1 amide bonds. The Kier molecular flexibility index (Phi) is 6.68. The molecule has 20 heavy (non-hydrogen) atoms. The van der Waals surface area contributed by atoms with Crippen molar-refractivity contribution in [2.75, 3.05) is 13.6 Å². The summed E-state index contributed by atoms with van der Waals surface area (Å²) in [5.74, 6) is 0.0170. The first-order valence-electron chi connectivity index (χ1n) is 6.08. The van der Waals surface area contributed by atoms with E-state index in [0.717, 1.165) is 16.6 Å². The highest BCUT2D eigenvalue weighted by Gasteiger charge is 2.14. The quantitative estimate of drug-likeness (QED) is 0.840. The van der Waals surface area contributed by atoms with Crippen LogP contribution >= 0.6 is 28.3 Å². The molecule has 0 aliphatic rings. The van der Waals surface area contributed by atoms with E-state index in [2.05, 4.69) is 20.9 Å². The van der Waals surface area contributed by atoms with Gasteiger partial charge in [0.1, 0.15) is 0 Å². The van der Waals surface area contributed by atoms with Crippen LogP contribution in [-0.2, 0) is 6.42 Å². The van der Waals surface area contributed by atoms with Gasteiger partial charge in [-0.1, -0.05) is 18.2 Å². The van der Waals surface area contributed by atoms with Gasteiger partial charge in [-0.3, -0.25) is 9.78 Å². The van der Waals surface area contributed by atoms with E-state index in [4.69, 9.17) is 0 Å². The topological polar surface area (TPSA) is 33.2 Å². The smallest absolute Gasteiger partial charge is 0.254 e. The summed E-state index contributed by atoms with van der Waals surface area (Å²) in [6.45, 7) is 0.650. The second-order valence-corrected chi connectivity index (χ2v) is 5.13. The number of pyridine rings is 1. The first kappa shape index (κ1) is 16.7. The van der Waals surface area contributed by atoms with Gasteiger partial charge in [0.2, 0.25) is 0 Å². The minimum absolute atomic E-state index is 0. The number of rotatable bonds is 4. The van der Waals surface area contributed by atoms with E-state index in [-0.39, 0.29) is 18.3 Å². The lowest BCUT2D eigenvalue weighted by atomic mass is 10.2. The lowest BCUT2D eigenvalue weighted by Gasteiger charge is -2.17. The molecule has 0 atom stereocenters. The lowest BCUT2D eigenvalue weighted by Crippen LogP contribution is -2.29. The largest absolute Gasteiger partial charge is 0.341 e. The molecule has 0 aliphatic heterocycles. The highest BCUT2D eigenvalue weighted by molar-refractivity contribution is 9.10. The zero-order valence-corrected chi connectivity index (χ0v) is 13.5. The fourth-order valence-corrected chi connectivity index (χ4v) is 2.22. The van der Waals surface area contributed by atoms with Gasteiger partial charge in [0.15, 0.2) is 0 Å². The number of nitrogens with zero attached hydrogens (tertiary/aromatic N) is 2. The van der Waals surface area contributed by atoms with Crippen LogP contribution in [0.2, 0.25) is 0 Å². The summed E-state index contributed by atoms with van der Waals surface area (Å²) in [5.41, 5.74) is 1.68.